The first-order chi connectivity index (χ1) is 12.3. The summed E-state index contributed by atoms with van der Waals surface area (Å²) < 4.78 is 16.7. The van der Waals surface area contributed by atoms with Crippen LogP contribution in [0, 0.1) is 0 Å². The van der Waals surface area contributed by atoms with Crippen LogP contribution in [0.1, 0.15) is 25.5 Å². The van der Waals surface area contributed by atoms with Gasteiger partial charge in [0.25, 0.3) is 0 Å². The number of benzene rings is 1. The lowest BCUT2D eigenvalue weighted by Gasteiger charge is -2.25. The van der Waals surface area contributed by atoms with E-state index in [1.54, 1.807) is 11.2 Å². The molecule has 6 heteroatoms. The van der Waals surface area contributed by atoms with Crippen molar-refractivity contribution in [3.05, 3.63) is 48.4 Å². The maximum absolute atomic E-state index is 12.8. The molecule has 0 radical (unpaired) electrons. The van der Waals surface area contributed by atoms with Gasteiger partial charge in [-0.2, -0.15) is 0 Å². The summed E-state index contributed by atoms with van der Waals surface area (Å²) in [5.74, 6) is 1.40. The molecule has 0 aliphatic carbocycles. The fourth-order valence-electron chi connectivity index (χ4n) is 2.89. The number of para-hydroxylation sites is 2. The van der Waals surface area contributed by atoms with Crippen molar-refractivity contribution in [2.75, 3.05) is 25.1 Å². The van der Waals surface area contributed by atoms with Crippen molar-refractivity contribution >= 4 is 11.7 Å². The van der Waals surface area contributed by atoms with E-state index in [1.807, 2.05) is 43.3 Å². The minimum Gasteiger partial charge on any atom is -0.492 e. The third-order valence-corrected chi connectivity index (χ3v) is 4.09. The average Bonchev–Trinajstić information content (AvgIpc) is 3.30. The quantitative estimate of drug-likeness (QED) is 0.827. The fourth-order valence-corrected chi connectivity index (χ4v) is 2.89. The van der Waals surface area contributed by atoms with Crippen LogP contribution in [0.4, 0.5) is 10.5 Å². The van der Waals surface area contributed by atoms with Crippen LogP contribution in [0.15, 0.2) is 47.1 Å². The van der Waals surface area contributed by atoms with Gasteiger partial charge in [0.1, 0.15) is 11.5 Å². The highest BCUT2D eigenvalue weighted by Crippen LogP contribution is 2.24. The number of furan rings is 1. The molecule has 134 valence electrons. The Morgan fingerprint density at radius 2 is 2.20 bits per heavy atom. The molecular weight excluding hydrogens is 320 g/mol. The molecule has 2 heterocycles. The van der Waals surface area contributed by atoms with Crippen molar-refractivity contribution in [1.29, 1.82) is 0 Å². The number of nitrogens with one attached hydrogen (secondary N) is 1. The van der Waals surface area contributed by atoms with Gasteiger partial charge < -0.3 is 24.1 Å². The van der Waals surface area contributed by atoms with Gasteiger partial charge in [0.15, 0.2) is 0 Å². The number of carbonyl (C=O) groups is 1. The smallest absolute Gasteiger partial charge is 0.322 e. The van der Waals surface area contributed by atoms with Crippen molar-refractivity contribution in [3.63, 3.8) is 0 Å². The lowest BCUT2D eigenvalue weighted by Crippen LogP contribution is -2.39. The number of rotatable bonds is 7. The van der Waals surface area contributed by atoms with Crippen molar-refractivity contribution in [3.8, 4) is 5.75 Å². The second kappa shape index (κ2) is 8.58. The molecule has 6 nitrogen and oxygen atoms in total. The van der Waals surface area contributed by atoms with Gasteiger partial charge in [-0.25, -0.2) is 4.79 Å². The van der Waals surface area contributed by atoms with E-state index in [4.69, 9.17) is 13.9 Å². The summed E-state index contributed by atoms with van der Waals surface area (Å²) in [5, 5.41) is 2.95. The van der Waals surface area contributed by atoms with Gasteiger partial charge in [-0.3, -0.25) is 0 Å². The third kappa shape index (κ3) is 4.76. The molecule has 1 fully saturated rings. The first-order valence-electron chi connectivity index (χ1n) is 8.68. The third-order valence-electron chi connectivity index (χ3n) is 4.09. The summed E-state index contributed by atoms with van der Waals surface area (Å²) in [6, 6.07) is 10.9. The standard InChI is InChI=1S/C19H24N2O4/c1-2-23-18-10-4-3-9-17(18)20-19(22)21(13-15-7-5-11-24-15)14-16-8-6-12-25-16/h3-5,7,9-11,16H,2,6,8,12-14H2,1H3,(H,20,22)/t16-/m0/s1. The average molecular weight is 344 g/mol. The normalized spacial score (nSPS) is 16.6. The van der Waals surface area contributed by atoms with Gasteiger partial charge in [0.05, 0.1) is 31.2 Å². The van der Waals surface area contributed by atoms with E-state index >= 15 is 0 Å². The highest BCUT2D eigenvalue weighted by Gasteiger charge is 2.24. The molecule has 0 spiro atoms. The number of amides is 2. The Hall–Kier alpha value is -2.47. The van der Waals surface area contributed by atoms with Gasteiger partial charge in [0.2, 0.25) is 0 Å². The molecule has 25 heavy (non-hydrogen) atoms. The Bertz CT molecular complexity index is 666. The van der Waals surface area contributed by atoms with E-state index in [0.29, 0.717) is 31.1 Å². The predicted octanol–water partition coefficient (Wildman–Crippen LogP) is 3.89. The van der Waals surface area contributed by atoms with E-state index in [-0.39, 0.29) is 12.1 Å². The molecule has 2 aromatic rings. The van der Waals surface area contributed by atoms with Crippen LogP contribution in [0.2, 0.25) is 0 Å². The monoisotopic (exact) mass is 344 g/mol. The number of urea groups is 1. The summed E-state index contributed by atoms with van der Waals surface area (Å²) in [7, 11) is 0. The zero-order valence-corrected chi connectivity index (χ0v) is 14.4. The maximum Gasteiger partial charge on any atom is 0.322 e. The van der Waals surface area contributed by atoms with Crippen molar-refractivity contribution in [1.82, 2.24) is 4.90 Å². The minimum absolute atomic E-state index is 0.0721. The minimum atomic E-state index is -0.195. The number of nitrogens with zero attached hydrogens (tertiary/aromatic N) is 1. The van der Waals surface area contributed by atoms with Crippen LogP contribution in [0.3, 0.4) is 0 Å². The van der Waals surface area contributed by atoms with E-state index in [0.717, 1.165) is 25.2 Å². The summed E-state index contributed by atoms with van der Waals surface area (Å²) in [5.41, 5.74) is 0.658. The molecule has 1 aromatic heterocycles. The first kappa shape index (κ1) is 17.4. The molecule has 3 rings (SSSR count). The zero-order chi connectivity index (χ0) is 17.5. The topological polar surface area (TPSA) is 63.9 Å². The summed E-state index contributed by atoms with van der Waals surface area (Å²) in [4.78, 5) is 14.6. The Morgan fingerprint density at radius 3 is 2.92 bits per heavy atom. The maximum atomic E-state index is 12.8. The number of hydrogen-bond acceptors (Lipinski definition) is 4. The fraction of sp³-hybridized carbons (Fsp3) is 0.421. The summed E-state index contributed by atoms with van der Waals surface area (Å²) >= 11 is 0. The number of hydrogen-bond donors (Lipinski definition) is 1. The molecule has 1 aromatic carbocycles. The van der Waals surface area contributed by atoms with Gasteiger partial charge in [-0.1, -0.05) is 12.1 Å². The molecule has 2 amide bonds. The van der Waals surface area contributed by atoms with Crippen LogP contribution >= 0.6 is 0 Å². The van der Waals surface area contributed by atoms with Crippen molar-refractivity contribution in [2.24, 2.45) is 0 Å². The van der Waals surface area contributed by atoms with Crippen LogP contribution in [-0.4, -0.2) is 36.8 Å². The Balaban J connectivity index is 1.71. The molecule has 0 unspecified atom stereocenters. The molecular formula is C19H24N2O4. The van der Waals surface area contributed by atoms with Gasteiger partial charge in [0, 0.05) is 13.2 Å². The molecule has 1 atom stereocenters. The van der Waals surface area contributed by atoms with Crippen LogP contribution < -0.4 is 10.1 Å². The van der Waals surface area contributed by atoms with E-state index < -0.39 is 0 Å². The van der Waals surface area contributed by atoms with E-state index in [2.05, 4.69) is 5.32 Å². The molecule has 0 bridgehead atoms. The Morgan fingerprint density at radius 1 is 1.32 bits per heavy atom. The highest BCUT2D eigenvalue weighted by atomic mass is 16.5. The second-order valence-corrected chi connectivity index (χ2v) is 5.95. The second-order valence-electron chi connectivity index (χ2n) is 5.95. The summed E-state index contributed by atoms with van der Waals surface area (Å²) in [6.07, 6.45) is 3.69. The largest absolute Gasteiger partial charge is 0.492 e. The van der Waals surface area contributed by atoms with Gasteiger partial charge in [-0.05, 0) is 44.0 Å². The Labute approximate surface area is 147 Å². The lowest BCUT2D eigenvalue weighted by atomic mass is 10.2. The molecule has 1 aliphatic heterocycles. The van der Waals surface area contributed by atoms with Crippen LogP contribution in [-0.2, 0) is 11.3 Å². The summed E-state index contributed by atoms with van der Waals surface area (Å²) in [6.45, 7) is 4.14. The van der Waals surface area contributed by atoms with Crippen LogP contribution in [0.5, 0.6) is 5.75 Å². The SMILES string of the molecule is CCOc1ccccc1NC(=O)N(Cc1ccco1)C[C@@H]1CCCO1. The molecule has 1 aliphatic rings. The highest BCUT2D eigenvalue weighted by molar-refractivity contribution is 5.91. The van der Waals surface area contributed by atoms with Crippen LogP contribution in [0.25, 0.3) is 0 Å². The van der Waals surface area contributed by atoms with Gasteiger partial charge >= 0.3 is 6.03 Å². The van der Waals surface area contributed by atoms with Crippen molar-refractivity contribution in [2.45, 2.75) is 32.4 Å². The predicted molar refractivity (Wildman–Crippen MR) is 94.7 cm³/mol. The Kier molecular flexibility index (Phi) is 5.95. The first-order valence-corrected chi connectivity index (χ1v) is 8.68. The van der Waals surface area contributed by atoms with E-state index in [9.17, 15) is 4.79 Å². The van der Waals surface area contributed by atoms with Gasteiger partial charge in [-0.15, -0.1) is 0 Å². The number of carbonyl (C=O) groups excluding carboxylic acids is 1. The lowest BCUT2D eigenvalue weighted by molar-refractivity contribution is 0.0803. The molecule has 1 saturated heterocycles. The molecule has 1 N–H and O–H groups in total. The molecule has 0 saturated carbocycles. The van der Waals surface area contributed by atoms with E-state index in [1.165, 1.54) is 0 Å². The van der Waals surface area contributed by atoms with Crippen molar-refractivity contribution < 1.29 is 18.7 Å². The number of anilines is 1. The number of ether oxygens (including phenoxy) is 2. The zero-order valence-electron chi connectivity index (χ0n) is 14.4.